The Labute approximate surface area is 107 Å². The van der Waals surface area contributed by atoms with Crippen LogP contribution >= 0.6 is 0 Å². The molecule has 1 aromatic carbocycles. The van der Waals surface area contributed by atoms with Crippen LogP contribution in [0.5, 0.6) is 0 Å². The number of hydrogen-bond acceptors (Lipinski definition) is 3. The van der Waals surface area contributed by atoms with Gasteiger partial charge in [0.25, 0.3) is 5.91 Å². The lowest BCUT2D eigenvalue weighted by atomic mass is 10.1. The number of para-hydroxylation sites is 1. The van der Waals surface area contributed by atoms with E-state index in [0.29, 0.717) is 22.4 Å². The van der Waals surface area contributed by atoms with Crippen LogP contribution in [-0.4, -0.2) is 20.9 Å². The van der Waals surface area contributed by atoms with Crippen LogP contribution in [0.2, 0.25) is 0 Å². The third-order valence-electron chi connectivity index (χ3n) is 2.73. The second-order valence-electron chi connectivity index (χ2n) is 3.98. The Hall–Kier alpha value is -2.89. The first kappa shape index (κ1) is 11.2. The van der Waals surface area contributed by atoms with Gasteiger partial charge in [-0.25, -0.2) is 4.98 Å². The summed E-state index contributed by atoms with van der Waals surface area (Å²) in [7, 11) is 0. The first-order valence-corrected chi connectivity index (χ1v) is 5.67. The molecule has 0 bridgehead atoms. The van der Waals surface area contributed by atoms with Gasteiger partial charge in [-0.2, -0.15) is 0 Å². The van der Waals surface area contributed by atoms with Crippen molar-refractivity contribution in [1.29, 1.82) is 0 Å². The molecule has 2 aromatic heterocycles. The predicted molar refractivity (Wildman–Crippen MR) is 71.1 cm³/mol. The molecule has 0 atom stereocenters. The molecule has 1 amide bonds. The van der Waals surface area contributed by atoms with Gasteiger partial charge in [-0.1, -0.05) is 18.2 Å². The number of pyridine rings is 1. The standard InChI is InChI=1S/C13H10N4O2/c18-11-7-9(8-3-1-2-4-10(8)16-11)12(19)17-13-14-5-6-15-13/h1-7H,(H,16,18)(H2,14,15,17,19). The van der Waals surface area contributed by atoms with Crippen LogP contribution in [0.1, 0.15) is 10.4 Å². The summed E-state index contributed by atoms with van der Waals surface area (Å²) in [4.78, 5) is 33.1. The molecule has 94 valence electrons. The largest absolute Gasteiger partial charge is 0.331 e. The normalized spacial score (nSPS) is 10.5. The molecule has 3 aromatic rings. The van der Waals surface area contributed by atoms with E-state index in [2.05, 4.69) is 20.3 Å². The Kier molecular flexibility index (Phi) is 2.60. The first-order chi connectivity index (χ1) is 9.24. The number of benzene rings is 1. The highest BCUT2D eigenvalue weighted by Gasteiger charge is 2.12. The highest BCUT2D eigenvalue weighted by Crippen LogP contribution is 2.15. The number of rotatable bonds is 2. The lowest BCUT2D eigenvalue weighted by molar-refractivity contribution is 0.102. The maximum atomic E-state index is 12.2. The Balaban J connectivity index is 2.09. The molecular weight excluding hydrogens is 244 g/mol. The van der Waals surface area contributed by atoms with Gasteiger partial charge in [0.1, 0.15) is 0 Å². The molecule has 0 aliphatic rings. The molecule has 3 rings (SSSR count). The summed E-state index contributed by atoms with van der Waals surface area (Å²) in [6.45, 7) is 0. The van der Waals surface area contributed by atoms with Crippen LogP contribution in [0.15, 0.2) is 47.5 Å². The van der Waals surface area contributed by atoms with Crippen molar-refractivity contribution in [2.75, 3.05) is 5.32 Å². The average Bonchev–Trinajstić information content (AvgIpc) is 2.90. The summed E-state index contributed by atoms with van der Waals surface area (Å²) in [6, 6.07) is 8.42. The Morgan fingerprint density at radius 2 is 2.11 bits per heavy atom. The van der Waals surface area contributed by atoms with Crippen LogP contribution < -0.4 is 10.9 Å². The van der Waals surface area contributed by atoms with E-state index in [1.165, 1.54) is 12.3 Å². The highest BCUT2D eigenvalue weighted by molar-refractivity contribution is 6.11. The first-order valence-electron chi connectivity index (χ1n) is 5.67. The molecule has 0 aliphatic carbocycles. The second kappa shape index (κ2) is 4.41. The zero-order chi connectivity index (χ0) is 13.2. The van der Waals surface area contributed by atoms with Crippen LogP contribution in [0.3, 0.4) is 0 Å². The van der Waals surface area contributed by atoms with E-state index in [9.17, 15) is 9.59 Å². The Morgan fingerprint density at radius 3 is 2.89 bits per heavy atom. The number of hydrogen-bond donors (Lipinski definition) is 3. The second-order valence-corrected chi connectivity index (χ2v) is 3.98. The van der Waals surface area contributed by atoms with Crippen LogP contribution in [0, 0.1) is 0 Å². The van der Waals surface area contributed by atoms with Gasteiger partial charge in [-0.15, -0.1) is 0 Å². The summed E-state index contributed by atoms with van der Waals surface area (Å²) in [5.74, 6) is -0.0355. The summed E-state index contributed by atoms with van der Waals surface area (Å²) < 4.78 is 0. The van der Waals surface area contributed by atoms with Gasteiger partial charge in [0.05, 0.1) is 5.56 Å². The van der Waals surface area contributed by atoms with Crippen LogP contribution in [0.25, 0.3) is 10.9 Å². The van der Waals surface area contributed by atoms with Crippen molar-refractivity contribution in [2.45, 2.75) is 0 Å². The zero-order valence-corrected chi connectivity index (χ0v) is 9.81. The number of imidazole rings is 1. The number of carbonyl (C=O) groups is 1. The quantitative estimate of drug-likeness (QED) is 0.647. The van der Waals surface area contributed by atoms with E-state index in [1.54, 1.807) is 24.4 Å². The van der Waals surface area contributed by atoms with Gasteiger partial charge in [0.15, 0.2) is 0 Å². The number of aromatic nitrogens is 3. The van der Waals surface area contributed by atoms with Crippen molar-refractivity contribution in [3.8, 4) is 0 Å². The number of anilines is 1. The van der Waals surface area contributed by atoms with Crippen molar-refractivity contribution >= 4 is 22.8 Å². The Morgan fingerprint density at radius 1 is 1.26 bits per heavy atom. The number of nitrogens with one attached hydrogen (secondary N) is 3. The van der Waals surface area contributed by atoms with E-state index in [4.69, 9.17) is 0 Å². The molecule has 3 N–H and O–H groups in total. The van der Waals surface area contributed by atoms with Gasteiger partial charge in [-0.3, -0.25) is 14.9 Å². The fourth-order valence-corrected chi connectivity index (χ4v) is 1.90. The van der Waals surface area contributed by atoms with Crippen molar-refractivity contribution in [3.63, 3.8) is 0 Å². The topological polar surface area (TPSA) is 90.6 Å². The van der Waals surface area contributed by atoms with E-state index < -0.39 is 0 Å². The van der Waals surface area contributed by atoms with Gasteiger partial charge in [-0.05, 0) is 6.07 Å². The molecule has 0 radical (unpaired) electrons. The molecule has 0 spiro atoms. The molecule has 6 heteroatoms. The average molecular weight is 254 g/mol. The molecular formula is C13H10N4O2. The van der Waals surface area contributed by atoms with Gasteiger partial charge < -0.3 is 9.97 Å². The summed E-state index contributed by atoms with van der Waals surface area (Å²) in [5.41, 5.74) is 0.624. The van der Waals surface area contributed by atoms with Crippen molar-refractivity contribution in [3.05, 3.63) is 58.6 Å². The van der Waals surface area contributed by atoms with Crippen molar-refractivity contribution in [1.82, 2.24) is 15.0 Å². The minimum atomic E-state index is -0.378. The Bertz CT molecular complexity index is 790. The molecule has 2 heterocycles. The minimum absolute atomic E-state index is 0.316. The van der Waals surface area contributed by atoms with E-state index in [0.717, 1.165) is 0 Å². The maximum absolute atomic E-state index is 12.2. The number of aromatic amines is 2. The summed E-state index contributed by atoms with van der Waals surface area (Å²) in [6.07, 6.45) is 3.14. The van der Waals surface area contributed by atoms with E-state index in [1.807, 2.05) is 6.07 Å². The lowest BCUT2D eigenvalue weighted by Gasteiger charge is -2.05. The van der Waals surface area contributed by atoms with Crippen LogP contribution in [-0.2, 0) is 0 Å². The lowest BCUT2D eigenvalue weighted by Crippen LogP contribution is -2.17. The third kappa shape index (κ3) is 2.11. The molecule has 6 nitrogen and oxygen atoms in total. The smallest absolute Gasteiger partial charge is 0.258 e. The van der Waals surface area contributed by atoms with Gasteiger partial charge in [0.2, 0.25) is 11.5 Å². The number of fused-ring (bicyclic) bond motifs is 1. The maximum Gasteiger partial charge on any atom is 0.258 e. The number of nitrogens with zero attached hydrogens (tertiary/aromatic N) is 1. The van der Waals surface area contributed by atoms with E-state index in [-0.39, 0.29) is 11.5 Å². The molecule has 0 fully saturated rings. The molecule has 19 heavy (non-hydrogen) atoms. The molecule has 0 aliphatic heterocycles. The SMILES string of the molecule is O=C(Nc1ncc[nH]1)c1cc(=O)[nH]c2ccccc12. The number of carbonyl (C=O) groups excluding carboxylic acids is 1. The van der Waals surface area contributed by atoms with Gasteiger partial charge >= 0.3 is 0 Å². The summed E-state index contributed by atoms with van der Waals surface area (Å²) >= 11 is 0. The summed E-state index contributed by atoms with van der Waals surface area (Å²) in [5, 5.41) is 3.29. The van der Waals surface area contributed by atoms with Crippen LogP contribution in [0.4, 0.5) is 5.95 Å². The zero-order valence-electron chi connectivity index (χ0n) is 9.81. The fourth-order valence-electron chi connectivity index (χ4n) is 1.90. The number of H-pyrrole nitrogens is 2. The van der Waals surface area contributed by atoms with Crippen molar-refractivity contribution in [2.24, 2.45) is 0 Å². The molecule has 0 saturated heterocycles. The predicted octanol–water partition coefficient (Wildman–Crippen LogP) is 1.50. The fraction of sp³-hybridized carbons (Fsp3) is 0. The number of amides is 1. The minimum Gasteiger partial charge on any atom is -0.331 e. The van der Waals surface area contributed by atoms with E-state index >= 15 is 0 Å². The highest BCUT2D eigenvalue weighted by atomic mass is 16.2. The van der Waals surface area contributed by atoms with Gasteiger partial charge in [0, 0.05) is 29.4 Å². The molecule has 0 saturated carbocycles. The molecule has 0 unspecified atom stereocenters. The third-order valence-corrected chi connectivity index (χ3v) is 2.73. The monoisotopic (exact) mass is 254 g/mol. The van der Waals surface area contributed by atoms with Crippen molar-refractivity contribution < 1.29 is 4.79 Å².